The second kappa shape index (κ2) is 4.87. The molecule has 18 heavy (non-hydrogen) atoms. The molecule has 0 aliphatic rings. The molecular formula is C14H13FN2O. The monoisotopic (exact) mass is 244 g/mol. The lowest BCUT2D eigenvalue weighted by molar-refractivity contribution is 0.102. The number of amides is 1. The van der Waals surface area contributed by atoms with E-state index in [2.05, 4.69) is 5.32 Å². The molecule has 0 unspecified atom stereocenters. The van der Waals surface area contributed by atoms with E-state index in [9.17, 15) is 9.18 Å². The fourth-order valence-electron chi connectivity index (χ4n) is 1.71. The van der Waals surface area contributed by atoms with E-state index in [0.717, 1.165) is 5.56 Å². The van der Waals surface area contributed by atoms with Crippen LogP contribution in [-0.4, -0.2) is 5.91 Å². The quantitative estimate of drug-likeness (QED) is 0.798. The summed E-state index contributed by atoms with van der Waals surface area (Å²) < 4.78 is 13.0. The van der Waals surface area contributed by atoms with E-state index >= 15 is 0 Å². The van der Waals surface area contributed by atoms with Crippen LogP contribution in [0.25, 0.3) is 0 Å². The predicted molar refractivity (Wildman–Crippen MR) is 69.9 cm³/mol. The van der Waals surface area contributed by atoms with Crippen molar-refractivity contribution in [2.24, 2.45) is 0 Å². The van der Waals surface area contributed by atoms with Crippen molar-refractivity contribution in [3.05, 3.63) is 59.4 Å². The van der Waals surface area contributed by atoms with Gasteiger partial charge < -0.3 is 11.1 Å². The largest absolute Gasteiger partial charge is 0.399 e. The highest BCUT2D eigenvalue weighted by atomic mass is 19.1. The predicted octanol–water partition coefficient (Wildman–Crippen LogP) is 2.97. The Morgan fingerprint density at radius 1 is 1.22 bits per heavy atom. The van der Waals surface area contributed by atoms with Gasteiger partial charge in [-0.25, -0.2) is 4.39 Å². The molecule has 0 atom stereocenters. The van der Waals surface area contributed by atoms with Gasteiger partial charge in [0.1, 0.15) is 5.82 Å². The Balaban J connectivity index is 2.22. The number of aryl methyl sites for hydroxylation is 1. The van der Waals surface area contributed by atoms with Gasteiger partial charge in [0.15, 0.2) is 0 Å². The van der Waals surface area contributed by atoms with Gasteiger partial charge in [-0.1, -0.05) is 6.07 Å². The molecule has 0 aliphatic heterocycles. The van der Waals surface area contributed by atoms with Crippen molar-refractivity contribution in [2.75, 3.05) is 11.1 Å². The zero-order chi connectivity index (χ0) is 13.1. The average Bonchev–Trinajstić information content (AvgIpc) is 2.27. The normalized spacial score (nSPS) is 10.1. The van der Waals surface area contributed by atoms with Crippen LogP contribution in [0.15, 0.2) is 42.5 Å². The first kappa shape index (κ1) is 12.1. The maximum atomic E-state index is 13.0. The van der Waals surface area contributed by atoms with Crippen LogP contribution in [0.3, 0.4) is 0 Å². The van der Waals surface area contributed by atoms with Crippen LogP contribution in [0.5, 0.6) is 0 Å². The highest BCUT2D eigenvalue weighted by Crippen LogP contribution is 2.14. The molecule has 0 saturated heterocycles. The lowest BCUT2D eigenvalue weighted by Gasteiger charge is -2.07. The minimum Gasteiger partial charge on any atom is -0.399 e. The number of nitrogens with two attached hydrogens (primary N) is 1. The van der Waals surface area contributed by atoms with Gasteiger partial charge in [0.2, 0.25) is 0 Å². The molecule has 2 aromatic rings. The van der Waals surface area contributed by atoms with Crippen LogP contribution in [0.4, 0.5) is 15.8 Å². The first-order valence-corrected chi connectivity index (χ1v) is 5.49. The SMILES string of the molecule is Cc1cc(N)cc(C(=O)Nc2cccc(F)c2)c1. The first-order chi connectivity index (χ1) is 8.54. The molecule has 0 bridgehead atoms. The Labute approximate surface area is 104 Å². The van der Waals surface area contributed by atoms with Crippen LogP contribution in [0, 0.1) is 12.7 Å². The van der Waals surface area contributed by atoms with E-state index in [1.807, 2.05) is 6.92 Å². The van der Waals surface area contributed by atoms with Crippen molar-refractivity contribution in [1.29, 1.82) is 0 Å². The minimum atomic E-state index is -0.392. The van der Waals surface area contributed by atoms with E-state index in [1.54, 1.807) is 24.3 Å². The summed E-state index contributed by atoms with van der Waals surface area (Å²) in [6.07, 6.45) is 0. The zero-order valence-corrected chi connectivity index (χ0v) is 9.91. The van der Waals surface area contributed by atoms with E-state index in [0.29, 0.717) is 16.9 Å². The standard InChI is InChI=1S/C14H13FN2O/c1-9-5-10(7-12(16)6-9)14(18)17-13-4-2-3-11(15)8-13/h2-8H,16H2,1H3,(H,17,18). The number of carbonyl (C=O) groups is 1. The number of nitrogen functional groups attached to an aromatic ring is 1. The molecule has 3 nitrogen and oxygen atoms in total. The number of hydrogen-bond acceptors (Lipinski definition) is 2. The van der Waals surface area contributed by atoms with Crippen molar-refractivity contribution >= 4 is 17.3 Å². The average molecular weight is 244 g/mol. The Morgan fingerprint density at radius 3 is 2.67 bits per heavy atom. The summed E-state index contributed by atoms with van der Waals surface area (Å²) in [6, 6.07) is 10.8. The molecule has 2 rings (SSSR count). The van der Waals surface area contributed by atoms with Gasteiger partial charge in [0.05, 0.1) is 0 Å². The molecule has 1 amide bonds. The van der Waals surface area contributed by atoms with E-state index in [-0.39, 0.29) is 5.91 Å². The maximum Gasteiger partial charge on any atom is 0.255 e. The second-order valence-corrected chi connectivity index (χ2v) is 4.10. The van der Waals surface area contributed by atoms with Crippen LogP contribution in [0.2, 0.25) is 0 Å². The smallest absolute Gasteiger partial charge is 0.255 e. The third-order valence-corrected chi connectivity index (χ3v) is 2.44. The molecule has 0 aliphatic carbocycles. The summed E-state index contributed by atoms with van der Waals surface area (Å²) in [5.74, 6) is -0.701. The van der Waals surface area contributed by atoms with Crippen LogP contribution >= 0.6 is 0 Å². The van der Waals surface area contributed by atoms with E-state index < -0.39 is 5.82 Å². The number of carbonyl (C=O) groups excluding carboxylic acids is 1. The number of halogens is 1. The van der Waals surface area contributed by atoms with Gasteiger partial charge in [0, 0.05) is 16.9 Å². The molecular weight excluding hydrogens is 231 g/mol. The Hall–Kier alpha value is -2.36. The van der Waals surface area contributed by atoms with E-state index in [1.165, 1.54) is 18.2 Å². The highest BCUT2D eigenvalue weighted by molar-refractivity contribution is 6.04. The number of anilines is 2. The van der Waals surface area contributed by atoms with Gasteiger partial charge in [-0.05, 0) is 48.9 Å². The van der Waals surface area contributed by atoms with Gasteiger partial charge in [-0.15, -0.1) is 0 Å². The molecule has 0 spiro atoms. The van der Waals surface area contributed by atoms with Gasteiger partial charge >= 0.3 is 0 Å². The molecule has 0 radical (unpaired) electrons. The van der Waals surface area contributed by atoms with Crippen molar-refractivity contribution in [3.8, 4) is 0 Å². The fraction of sp³-hybridized carbons (Fsp3) is 0.0714. The summed E-state index contributed by atoms with van der Waals surface area (Å²) in [6.45, 7) is 1.86. The molecule has 4 heteroatoms. The second-order valence-electron chi connectivity index (χ2n) is 4.10. The van der Waals surface area contributed by atoms with Crippen molar-refractivity contribution in [3.63, 3.8) is 0 Å². The number of nitrogens with one attached hydrogen (secondary N) is 1. The Morgan fingerprint density at radius 2 is 2.00 bits per heavy atom. The summed E-state index contributed by atoms with van der Waals surface area (Å²) in [5.41, 5.74) is 7.98. The lowest BCUT2D eigenvalue weighted by Crippen LogP contribution is -2.12. The molecule has 0 aromatic heterocycles. The maximum absolute atomic E-state index is 13.0. The summed E-state index contributed by atoms with van der Waals surface area (Å²) in [7, 11) is 0. The number of benzene rings is 2. The summed E-state index contributed by atoms with van der Waals surface area (Å²) >= 11 is 0. The summed E-state index contributed by atoms with van der Waals surface area (Å²) in [5, 5.41) is 2.62. The van der Waals surface area contributed by atoms with Crippen LogP contribution in [0.1, 0.15) is 15.9 Å². The molecule has 0 saturated carbocycles. The fourth-order valence-corrected chi connectivity index (χ4v) is 1.71. The Bertz CT molecular complexity index is 576. The topological polar surface area (TPSA) is 55.1 Å². The number of rotatable bonds is 2. The minimum absolute atomic E-state index is 0.309. The number of hydrogen-bond donors (Lipinski definition) is 2. The van der Waals surface area contributed by atoms with Gasteiger partial charge in [0.25, 0.3) is 5.91 Å². The van der Waals surface area contributed by atoms with Gasteiger partial charge in [-0.3, -0.25) is 4.79 Å². The molecule has 92 valence electrons. The van der Waals surface area contributed by atoms with Crippen molar-refractivity contribution < 1.29 is 9.18 Å². The Kier molecular flexibility index (Phi) is 3.28. The third-order valence-electron chi connectivity index (χ3n) is 2.44. The lowest BCUT2D eigenvalue weighted by atomic mass is 10.1. The summed E-state index contributed by atoms with van der Waals surface area (Å²) in [4.78, 5) is 11.9. The van der Waals surface area contributed by atoms with Crippen LogP contribution < -0.4 is 11.1 Å². The van der Waals surface area contributed by atoms with E-state index in [4.69, 9.17) is 5.73 Å². The third kappa shape index (κ3) is 2.85. The van der Waals surface area contributed by atoms with Crippen molar-refractivity contribution in [2.45, 2.75) is 6.92 Å². The first-order valence-electron chi connectivity index (χ1n) is 5.49. The molecule has 0 fully saturated rings. The molecule has 0 heterocycles. The van der Waals surface area contributed by atoms with Crippen molar-refractivity contribution in [1.82, 2.24) is 0 Å². The van der Waals surface area contributed by atoms with Gasteiger partial charge in [-0.2, -0.15) is 0 Å². The highest BCUT2D eigenvalue weighted by Gasteiger charge is 2.07. The molecule has 2 aromatic carbocycles. The molecule has 3 N–H and O–H groups in total. The zero-order valence-electron chi connectivity index (χ0n) is 9.91. The van der Waals surface area contributed by atoms with Crippen LogP contribution in [-0.2, 0) is 0 Å².